The van der Waals surface area contributed by atoms with E-state index in [4.69, 9.17) is 0 Å². The summed E-state index contributed by atoms with van der Waals surface area (Å²) in [5.41, 5.74) is 3.46. The first-order chi connectivity index (χ1) is 13.4. The normalized spacial score (nSPS) is 35.3. The molecule has 4 rings (SSSR count). The number of unbranched alkanes of at least 4 members (excludes halogenated alkanes) is 3. The maximum atomic E-state index is 2.70. The molecule has 3 fully saturated rings. The molecule has 0 heterocycles. The molecule has 0 saturated heterocycles. The number of hydrogen-bond donors (Lipinski definition) is 0. The van der Waals surface area contributed by atoms with E-state index in [0.29, 0.717) is 0 Å². The molecule has 4 aliphatic rings. The van der Waals surface area contributed by atoms with Crippen molar-refractivity contribution in [1.82, 2.24) is 0 Å². The Bertz CT molecular complexity index is 514. The van der Waals surface area contributed by atoms with Crippen LogP contribution in [-0.4, -0.2) is 0 Å². The van der Waals surface area contributed by atoms with Crippen LogP contribution in [0.1, 0.15) is 106 Å². The van der Waals surface area contributed by atoms with E-state index >= 15 is 0 Å². The van der Waals surface area contributed by atoms with E-state index in [1.807, 2.05) is 0 Å². The van der Waals surface area contributed by atoms with Gasteiger partial charge in [0.15, 0.2) is 0 Å². The van der Waals surface area contributed by atoms with Crippen LogP contribution in [-0.2, 0) is 25.8 Å². The Balaban J connectivity index is -0.000000530. The fraction of sp³-hybridized carbons (Fsp3) is 0.750. The Hall–Kier alpha value is 0.350. The zero-order valence-corrected chi connectivity index (χ0v) is 27.9. The standard InChI is InChI=1S/C18H28.C10H20.4CH3.Hf/c1-2-3-4-5-7-14-10-11-17-12-15-8-6-9-16(15)13-18(14)17;1-6-7(2)9(4)10(5)8(6)3;;;;;/h12-14,17-18H,2-11H2,1H3;6-10H,1-5H3;4*1H3;/q;;4*-1;+4. The summed E-state index contributed by atoms with van der Waals surface area (Å²) in [6, 6.07) is 0. The second-order valence-corrected chi connectivity index (χ2v) is 11.0. The number of rotatable bonds is 5. The molecular weight excluding hydrogens is 563 g/mol. The Kier molecular flexibility index (Phi) is 20.4. The Labute approximate surface area is 231 Å². The van der Waals surface area contributed by atoms with Crippen LogP contribution in [0, 0.1) is 77.0 Å². The molecule has 192 valence electrons. The van der Waals surface area contributed by atoms with Gasteiger partial charge in [0.2, 0.25) is 0 Å². The first kappa shape index (κ1) is 37.9. The van der Waals surface area contributed by atoms with Crippen LogP contribution in [0.25, 0.3) is 0 Å². The molecule has 0 radical (unpaired) electrons. The monoisotopic (exact) mass is 624 g/mol. The fourth-order valence-corrected chi connectivity index (χ4v) is 6.82. The first-order valence-electron chi connectivity index (χ1n) is 12.9. The summed E-state index contributed by atoms with van der Waals surface area (Å²) in [6.07, 6.45) is 19.7. The van der Waals surface area contributed by atoms with E-state index < -0.39 is 0 Å². The maximum absolute atomic E-state index is 2.70. The van der Waals surface area contributed by atoms with E-state index in [2.05, 4.69) is 53.7 Å². The molecule has 0 aromatic rings. The molecule has 0 amide bonds. The SMILES string of the molecule is CC1C(C)C(C)C(C)C1C.CCCCCCC1CCC2C=C3CCCC3=CC21.[CH3-].[CH3-].[CH3-].[CH3-].[Hf+4]. The summed E-state index contributed by atoms with van der Waals surface area (Å²) < 4.78 is 0. The molecule has 0 aromatic heterocycles. The third-order valence-corrected chi connectivity index (χ3v) is 9.60. The third-order valence-electron chi connectivity index (χ3n) is 9.60. The van der Waals surface area contributed by atoms with Gasteiger partial charge in [-0.1, -0.05) is 79.4 Å². The van der Waals surface area contributed by atoms with Crippen LogP contribution < -0.4 is 0 Å². The summed E-state index contributed by atoms with van der Waals surface area (Å²) in [7, 11) is 0. The quantitative estimate of drug-likeness (QED) is 0.162. The fourth-order valence-electron chi connectivity index (χ4n) is 6.82. The molecule has 3 atom stereocenters. The van der Waals surface area contributed by atoms with Gasteiger partial charge in [-0.2, -0.15) is 0 Å². The van der Waals surface area contributed by atoms with Gasteiger partial charge in [0.1, 0.15) is 0 Å². The first-order valence-corrected chi connectivity index (χ1v) is 12.9. The van der Waals surface area contributed by atoms with Crippen molar-refractivity contribution < 1.29 is 25.8 Å². The molecular formula is C32H60Hf. The zero-order chi connectivity index (χ0) is 20.3. The summed E-state index contributed by atoms with van der Waals surface area (Å²) in [4.78, 5) is 0. The van der Waals surface area contributed by atoms with Crippen LogP contribution >= 0.6 is 0 Å². The van der Waals surface area contributed by atoms with Crippen molar-refractivity contribution in [3.63, 3.8) is 0 Å². The number of allylic oxidation sites excluding steroid dienone is 4. The predicted octanol–water partition coefficient (Wildman–Crippen LogP) is 10.6. The van der Waals surface area contributed by atoms with Crippen LogP contribution in [0.5, 0.6) is 0 Å². The van der Waals surface area contributed by atoms with Gasteiger partial charge < -0.3 is 29.7 Å². The molecule has 0 spiro atoms. The van der Waals surface area contributed by atoms with Crippen molar-refractivity contribution in [3.05, 3.63) is 53.0 Å². The summed E-state index contributed by atoms with van der Waals surface area (Å²) in [6.45, 7) is 14.3. The largest absolute Gasteiger partial charge is 4.00 e. The minimum Gasteiger partial charge on any atom is -0.358 e. The van der Waals surface area contributed by atoms with Crippen LogP contribution in [0.4, 0.5) is 0 Å². The molecule has 0 aliphatic heterocycles. The Morgan fingerprint density at radius 2 is 1.15 bits per heavy atom. The number of fused-ring (bicyclic) bond motifs is 2. The Morgan fingerprint density at radius 3 is 1.64 bits per heavy atom. The van der Waals surface area contributed by atoms with E-state index in [1.165, 1.54) is 64.2 Å². The molecule has 0 nitrogen and oxygen atoms in total. The molecule has 3 unspecified atom stereocenters. The second kappa shape index (κ2) is 17.7. The Morgan fingerprint density at radius 1 is 0.667 bits per heavy atom. The zero-order valence-electron chi connectivity index (χ0n) is 24.3. The minimum absolute atomic E-state index is 0. The van der Waals surface area contributed by atoms with Crippen LogP contribution in [0.3, 0.4) is 0 Å². The van der Waals surface area contributed by atoms with Crippen molar-refractivity contribution in [1.29, 1.82) is 0 Å². The topological polar surface area (TPSA) is 0 Å². The van der Waals surface area contributed by atoms with Gasteiger partial charge in [0.05, 0.1) is 0 Å². The van der Waals surface area contributed by atoms with Crippen molar-refractivity contribution >= 4 is 0 Å². The second-order valence-electron chi connectivity index (χ2n) is 11.0. The van der Waals surface area contributed by atoms with Crippen molar-refractivity contribution in [2.24, 2.45) is 47.3 Å². The average Bonchev–Trinajstić information content (AvgIpc) is 3.36. The van der Waals surface area contributed by atoms with Crippen LogP contribution in [0.15, 0.2) is 23.3 Å². The van der Waals surface area contributed by atoms with Crippen molar-refractivity contribution in [2.45, 2.75) is 106 Å². The molecule has 0 N–H and O–H groups in total. The average molecular weight is 623 g/mol. The van der Waals surface area contributed by atoms with Crippen molar-refractivity contribution in [3.8, 4) is 0 Å². The molecule has 0 bridgehead atoms. The van der Waals surface area contributed by atoms with Crippen molar-refractivity contribution in [2.75, 3.05) is 0 Å². The van der Waals surface area contributed by atoms with E-state index in [1.54, 1.807) is 11.1 Å². The van der Waals surface area contributed by atoms with Crippen LogP contribution in [0.2, 0.25) is 0 Å². The van der Waals surface area contributed by atoms with E-state index in [0.717, 1.165) is 47.3 Å². The van der Waals surface area contributed by atoms with Gasteiger partial charge in [0, 0.05) is 0 Å². The van der Waals surface area contributed by atoms with Gasteiger partial charge in [0.25, 0.3) is 0 Å². The van der Waals surface area contributed by atoms with E-state index in [9.17, 15) is 0 Å². The van der Waals surface area contributed by atoms with Gasteiger partial charge in [-0.05, 0) is 97.0 Å². The summed E-state index contributed by atoms with van der Waals surface area (Å²) in [5, 5.41) is 0. The van der Waals surface area contributed by atoms with E-state index in [-0.39, 0.29) is 55.5 Å². The maximum Gasteiger partial charge on any atom is 4.00 e. The van der Waals surface area contributed by atoms with Gasteiger partial charge in [-0.15, -0.1) is 0 Å². The molecule has 4 aliphatic carbocycles. The smallest absolute Gasteiger partial charge is 0.358 e. The van der Waals surface area contributed by atoms with Gasteiger partial charge in [-0.25, -0.2) is 0 Å². The summed E-state index contributed by atoms with van der Waals surface area (Å²) >= 11 is 0. The third kappa shape index (κ3) is 9.06. The summed E-state index contributed by atoms with van der Waals surface area (Å²) in [5.74, 6) is 7.52. The molecule has 0 aromatic carbocycles. The van der Waals surface area contributed by atoms with Gasteiger partial charge >= 0.3 is 25.8 Å². The predicted molar refractivity (Wildman–Crippen MR) is 150 cm³/mol. The minimum atomic E-state index is 0. The molecule has 3 saturated carbocycles. The molecule has 33 heavy (non-hydrogen) atoms. The van der Waals surface area contributed by atoms with Gasteiger partial charge in [-0.3, -0.25) is 0 Å². The molecule has 1 heteroatoms. The number of hydrogen-bond acceptors (Lipinski definition) is 0.